The van der Waals surface area contributed by atoms with Crippen LogP contribution in [0.15, 0.2) is 24.3 Å². The van der Waals surface area contributed by atoms with Gasteiger partial charge in [0, 0.05) is 13.7 Å². The molecule has 0 heterocycles. The molecule has 0 spiro atoms. The molecule has 0 unspecified atom stereocenters. The molecule has 0 amide bonds. The summed E-state index contributed by atoms with van der Waals surface area (Å²) < 4.78 is 15.5. The van der Waals surface area contributed by atoms with Crippen LogP contribution in [0.3, 0.4) is 0 Å². The fraction of sp³-hybridized carbons (Fsp3) is 0.412. The van der Waals surface area contributed by atoms with Crippen molar-refractivity contribution in [1.82, 2.24) is 5.32 Å². The van der Waals surface area contributed by atoms with Crippen LogP contribution in [0, 0.1) is 11.8 Å². The molecule has 8 nitrogen and oxygen atoms in total. The number of carboxylic acid groups (broad SMARTS) is 2. The van der Waals surface area contributed by atoms with Crippen molar-refractivity contribution < 1.29 is 34.0 Å². The minimum Gasteiger partial charge on any atom is -0.497 e. The van der Waals surface area contributed by atoms with Gasteiger partial charge in [0.1, 0.15) is 18.1 Å². The summed E-state index contributed by atoms with van der Waals surface area (Å²) in [5.41, 5.74) is 0. The van der Waals surface area contributed by atoms with Crippen molar-refractivity contribution in [3.8, 4) is 23.3 Å². The molecular formula is C17H23NO7. The molecule has 1 rings (SSSR count). The van der Waals surface area contributed by atoms with E-state index in [2.05, 4.69) is 17.2 Å². The fourth-order valence-corrected chi connectivity index (χ4v) is 1.40. The number of rotatable bonds is 8. The number of aliphatic carboxylic acids is 2. The van der Waals surface area contributed by atoms with E-state index in [1.807, 2.05) is 24.3 Å². The molecule has 0 saturated carbocycles. The Balaban J connectivity index is 0.000000823. The van der Waals surface area contributed by atoms with E-state index in [0.717, 1.165) is 31.1 Å². The van der Waals surface area contributed by atoms with Crippen molar-refractivity contribution in [3.05, 3.63) is 24.3 Å². The number of carbonyl (C=O) groups is 2. The third-order valence-corrected chi connectivity index (χ3v) is 2.59. The topological polar surface area (TPSA) is 114 Å². The first-order valence-electron chi connectivity index (χ1n) is 7.39. The van der Waals surface area contributed by atoms with Crippen molar-refractivity contribution in [1.29, 1.82) is 0 Å². The Morgan fingerprint density at radius 3 is 2.16 bits per heavy atom. The van der Waals surface area contributed by atoms with Gasteiger partial charge in [-0.05, 0) is 37.2 Å². The zero-order valence-electron chi connectivity index (χ0n) is 14.3. The van der Waals surface area contributed by atoms with Gasteiger partial charge in [0.15, 0.2) is 0 Å². The van der Waals surface area contributed by atoms with Crippen LogP contribution in [0.25, 0.3) is 0 Å². The van der Waals surface area contributed by atoms with E-state index in [0.29, 0.717) is 13.2 Å². The summed E-state index contributed by atoms with van der Waals surface area (Å²) in [5.74, 6) is 3.92. The number of benzene rings is 1. The van der Waals surface area contributed by atoms with Crippen LogP contribution >= 0.6 is 0 Å². The lowest BCUT2D eigenvalue weighted by molar-refractivity contribution is -0.159. The van der Waals surface area contributed by atoms with E-state index in [-0.39, 0.29) is 0 Å². The largest absolute Gasteiger partial charge is 0.497 e. The molecule has 0 aliphatic rings. The minimum atomic E-state index is -1.82. The molecule has 1 aromatic rings. The maximum absolute atomic E-state index is 9.10. The van der Waals surface area contributed by atoms with Crippen LogP contribution in [0.1, 0.15) is 6.42 Å². The molecular weight excluding hydrogens is 330 g/mol. The van der Waals surface area contributed by atoms with Gasteiger partial charge in [-0.3, -0.25) is 0 Å². The molecule has 25 heavy (non-hydrogen) atoms. The molecule has 0 saturated heterocycles. The Bertz CT molecular complexity index is 549. The van der Waals surface area contributed by atoms with Crippen molar-refractivity contribution in [2.45, 2.75) is 6.42 Å². The van der Waals surface area contributed by atoms with Crippen LogP contribution in [0.5, 0.6) is 11.5 Å². The first-order valence-corrected chi connectivity index (χ1v) is 7.39. The predicted octanol–water partition coefficient (Wildman–Crippen LogP) is 0.859. The number of carboxylic acids is 2. The average molecular weight is 353 g/mol. The second kappa shape index (κ2) is 14.8. The van der Waals surface area contributed by atoms with Crippen molar-refractivity contribution in [2.24, 2.45) is 0 Å². The summed E-state index contributed by atoms with van der Waals surface area (Å²) in [6.45, 7) is 2.77. The van der Waals surface area contributed by atoms with E-state index >= 15 is 0 Å². The van der Waals surface area contributed by atoms with Gasteiger partial charge >= 0.3 is 11.9 Å². The lowest BCUT2D eigenvalue weighted by atomic mass is 10.3. The second-order valence-corrected chi connectivity index (χ2v) is 4.45. The highest BCUT2D eigenvalue weighted by molar-refractivity contribution is 6.27. The highest BCUT2D eigenvalue weighted by Crippen LogP contribution is 2.16. The average Bonchev–Trinajstić information content (AvgIpc) is 2.61. The van der Waals surface area contributed by atoms with E-state index in [1.54, 1.807) is 14.2 Å². The Hall–Kier alpha value is -2.76. The molecule has 1 aromatic carbocycles. The maximum Gasteiger partial charge on any atom is 0.414 e. The van der Waals surface area contributed by atoms with Crippen LogP contribution in [0.2, 0.25) is 0 Å². The molecule has 8 heteroatoms. The summed E-state index contributed by atoms with van der Waals surface area (Å²) in [6, 6.07) is 7.45. The van der Waals surface area contributed by atoms with Crippen molar-refractivity contribution in [3.63, 3.8) is 0 Å². The smallest absolute Gasteiger partial charge is 0.414 e. The van der Waals surface area contributed by atoms with Crippen molar-refractivity contribution >= 4 is 11.9 Å². The molecule has 0 radical (unpaired) electrons. The molecule has 0 aromatic heterocycles. The van der Waals surface area contributed by atoms with Gasteiger partial charge in [-0.1, -0.05) is 11.8 Å². The SMILES string of the molecule is COCCCNCC#CCOc1ccc(OC)cc1.O=C(O)C(=O)O. The van der Waals surface area contributed by atoms with Gasteiger partial charge in [0.05, 0.1) is 13.7 Å². The Morgan fingerprint density at radius 1 is 1.04 bits per heavy atom. The molecule has 3 N–H and O–H groups in total. The number of hydrogen-bond donors (Lipinski definition) is 3. The quantitative estimate of drug-likeness (QED) is 0.358. The molecule has 0 aliphatic heterocycles. The van der Waals surface area contributed by atoms with Crippen LogP contribution < -0.4 is 14.8 Å². The van der Waals surface area contributed by atoms with Crippen molar-refractivity contribution in [2.75, 3.05) is 40.5 Å². The summed E-state index contributed by atoms with van der Waals surface area (Å²) in [4.78, 5) is 18.2. The first-order chi connectivity index (χ1) is 12.0. The Kier molecular flexibility index (Phi) is 13.2. The third-order valence-electron chi connectivity index (χ3n) is 2.59. The van der Waals surface area contributed by atoms with E-state index in [4.69, 9.17) is 34.0 Å². The highest BCUT2D eigenvalue weighted by atomic mass is 16.5. The number of hydrogen-bond acceptors (Lipinski definition) is 6. The maximum atomic E-state index is 9.10. The number of nitrogens with one attached hydrogen (secondary N) is 1. The second-order valence-electron chi connectivity index (χ2n) is 4.45. The third kappa shape index (κ3) is 13.4. The van der Waals surface area contributed by atoms with Gasteiger partial charge in [0.2, 0.25) is 0 Å². The predicted molar refractivity (Wildman–Crippen MR) is 90.9 cm³/mol. The van der Waals surface area contributed by atoms with Gasteiger partial charge in [-0.2, -0.15) is 0 Å². The zero-order valence-corrected chi connectivity index (χ0v) is 14.3. The lowest BCUT2D eigenvalue weighted by Crippen LogP contribution is -2.16. The fourth-order valence-electron chi connectivity index (χ4n) is 1.40. The van der Waals surface area contributed by atoms with Crippen LogP contribution in [-0.4, -0.2) is 62.7 Å². The summed E-state index contributed by atoms with van der Waals surface area (Å²) in [5, 5.41) is 18.0. The first kappa shape index (κ1) is 22.2. The van der Waals surface area contributed by atoms with E-state index in [1.165, 1.54) is 0 Å². The molecule has 0 atom stereocenters. The Morgan fingerprint density at radius 2 is 1.64 bits per heavy atom. The standard InChI is InChI=1S/C15H21NO3.C2H2O4/c1-17-12-5-11-16-10-3-4-13-19-15-8-6-14(18-2)7-9-15;3-1(4)2(5)6/h6-9,16H,5,10-13H2,1-2H3;(H,3,4)(H,5,6). The van der Waals surface area contributed by atoms with E-state index < -0.39 is 11.9 Å². The zero-order chi connectivity index (χ0) is 18.9. The van der Waals surface area contributed by atoms with Crippen LogP contribution in [0.4, 0.5) is 0 Å². The molecule has 0 aliphatic carbocycles. The van der Waals surface area contributed by atoms with Gasteiger partial charge < -0.3 is 29.7 Å². The van der Waals surface area contributed by atoms with Crippen LogP contribution in [-0.2, 0) is 14.3 Å². The number of ether oxygens (including phenoxy) is 3. The minimum absolute atomic E-state index is 0.395. The monoisotopic (exact) mass is 353 g/mol. The lowest BCUT2D eigenvalue weighted by Gasteiger charge is -2.03. The van der Waals surface area contributed by atoms with Gasteiger partial charge in [0.25, 0.3) is 0 Å². The normalized spacial score (nSPS) is 9.04. The molecule has 138 valence electrons. The van der Waals surface area contributed by atoms with Gasteiger partial charge in [-0.15, -0.1) is 0 Å². The summed E-state index contributed by atoms with van der Waals surface area (Å²) >= 11 is 0. The summed E-state index contributed by atoms with van der Waals surface area (Å²) in [7, 11) is 3.34. The van der Waals surface area contributed by atoms with Gasteiger partial charge in [-0.25, -0.2) is 9.59 Å². The number of methoxy groups -OCH3 is 2. The molecule has 0 bridgehead atoms. The molecule has 0 fully saturated rings. The highest BCUT2D eigenvalue weighted by Gasteiger charge is 2.04. The summed E-state index contributed by atoms with van der Waals surface area (Å²) in [6.07, 6.45) is 1.00. The van der Waals surface area contributed by atoms with E-state index in [9.17, 15) is 0 Å². The Labute approximate surface area is 146 Å².